The van der Waals surface area contributed by atoms with Gasteiger partial charge in [0, 0.05) is 37.7 Å². The van der Waals surface area contributed by atoms with Crippen LogP contribution in [0.1, 0.15) is 93.4 Å². The highest BCUT2D eigenvalue weighted by atomic mass is 16.7. The van der Waals surface area contributed by atoms with Crippen molar-refractivity contribution in [3.8, 4) is 17.2 Å². The van der Waals surface area contributed by atoms with Gasteiger partial charge in [0.1, 0.15) is 36.5 Å². The number of nitrogens with zero attached hydrogens (tertiary/aromatic N) is 2. The molecule has 330 valence electrons. The van der Waals surface area contributed by atoms with Crippen LogP contribution in [0, 0.1) is 31.6 Å². The average molecular weight is 839 g/mol. The molecule has 1 heterocycles. The zero-order valence-electron chi connectivity index (χ0n) is 36.6. The minimum atomic E-state index is -1.37. The molecule has 0 aromatic heterocycles. The van der Waals surface area contributed by atoms with Crippen LogP contribution in [0.4, 0.5) is 4.79 Å². The number of hydrogen-bond acceptors (Lipinski definition) is 10. The third-order valence-electron chi connectivity index (χ3n) is 12.3. The molecule has 1 fully saturated rings. The second-order valence-corrected chi connectivity index (χ2v) is 16.4. The molecular weight excluding hydrogens is 773 g/mol. The average Bonchev–Trinajstić information content (AvgIpc) is 3.27. The maximum absolute atomic E-state index is 14.4. The van der Waals surface area contributed by atoms with Crippen molar-refractivity contribution in [2.45, 2.75) is 103 Å². The highest BCUT2D eigenvalue weighted by Crippen LogP contribution is 2.62. The molecule has 11 heteroatoms. The van der Waals surface area contributed by atoms with E-state index in [-0.39, 0.29) is 50.8 Å². The monoisotopic (exact) mass is 838 g/mol. The Morgan fingerprint density at radius 1 is 0.951 bits per heavy atom. The number of amides is 1. The Balaban J connectivity index is 1.47. The van der Waals surface area contributed by atoms with E-state index in [0.717, 1.165) is 59.4 Å². The van der Waals surface area contributed by atoms with Gasteiger partial charge in [0.2, 0.25) is 5.79 Å². The smallest absolute Gasteiger partial charge is 0.410 e. The van der Waals surface area contributed by atoms with E-state index in [2.05, 4.69) is 44.7 Å². The van der Waals surface area contributed by atoms with Gasteiger partial charge in [-0.1, -0.05) is 73.5 Å². The molecule has 3 aromatic rings. The van der Waals surface area contributed by atoms with Crippen molar-refractivity contribution in [1.82, 2.24) is 4.90 Å². The van der Waals surface area contributed by atoms with Crippen molar-refractivity contribution in [2.24, 2.45) is 22.9 Å². The maximum atomic E-state index is 14.4. The number of aryl methyl sites for hydroxylation is 2. The number of unbranched alkanes of at least 4 members (excludes halogenated alkanes) is 2. The van der Waals surface area contributed by atoms with E-state index < -0.39 is 23.8 Å². The van der Waals surface area contributed by atoms with Gasteiger partial charge in [-0.25, -0.2) is 4.79 Å². The number of allylic oxidation sites excluding steroid dienone is 1. The molecule has 61 heavy (non-hydrogen) atoms. The van der Waals surface area contributed by atoms with Crippen molar-refractivity contribution in [3.05, 3.63) is 113 Å². The number of carbonyl (C=O) groups is 1. The Morgan fingerprint density at radius 2 is 1.70 bits per heavy atom. The summed E-state index contributed by atoms with van der Waals surface area (Å²) in [4.78, 5) is 22.1. The summed E-state index contributed by atoms with van der Waals surface area (Å²) in [5.74, 6) is 0.331. The quantitative estimate of drug-likeness (QED) is 0.0545. The zero-order valence-corrected chi connectivity index (χ0v) is 36.6. The lowest BCUT2D eigenvalue weighted by Gasteiger charge is -2.59. The highest BCUT2D eigenvalue weighted by molar-refractivity contribution is 6.03. The van der Waals surface area contributed by atoms with Crippen LogP contribution in [0.3, 0.4) is 0 Å². The molecule has 6 unspecified atom stereocenters. The molecule has 2 N–H and O–H groups in total. The van der Waals surface area contributed by atoms with Crippen LogP contribution in [0.25, 0.3) is 0 Å². The molecule has 0 bridgehead atoms. The normalized spacial score (nSPS) is 23.3. The summed E-state index contributed by atoms with van der Waals surface area (Å²) >= 11 is 0. The van der Waals surface area contributed by atoms with Crippen molar-refractivity contribution < 1.29 is 43.5 Å². The minimum absolute atomic E-state index is 0.0750. The number of hydrogen-bond donors (Lipinski definition) is 2. The van der Waals surface area contributed by atoms with E-state index in [4.69, 9.17) is 33.7 Å². The number of rotatable bonds is 23. The van der Waals surface area contributed by atoms with Gasteiger partial charge >= 0.3 is 6.09 Å². The number of benzene rings is 3. The van der Waals surface area contributed by atoms with Crippen LogP contribution >= 0.6 is 0 Å². The molecule has 2 aliphatic carbocycles. The van der Waals surface area contributed by atoms with Gasteiger partial charge in [0.25, 0.3) is 0 Å². The van der Waals surface area contributed by atoms with Crippen LogP contribution < -0.4 is 9.47 Å². The summed E-state index contributed by atoms with van der Waals surface area (Å²) in [7, 11) is 0. The molecule has 1 aliphatic heterocycles. The largest absolute Gasteiger partial charge is 0.459 e. The van der Waals surface area contributed by atoms with E-state index in [1.54, 1.807) is 11.0 Å². The lowest BCUT2D eigenvalue weighted by Crippen LogP contribution is -2.70. The van der Waals surface area contributed by atoms with Gasteiger partial charge in [-0.05, 0) is 117 Å². The predicted octanol–water partition coefficient (Wildman–Crippen LogP) is 9.81. The summed E-state index contributed by atoms with van der Waals surface area (Å²) in [6, 6.07) is 21.3. The second-order valence-electron chi connectivity index (χ2n) is 16.4. The van der Waals surface area contributed by atoms with Gasteiger partial charge in [0.05, 0.1) is 31.5 Å². The summed E-state index contributed by atoms with van der Waals surface area (Å²) in [5, 5.41) is 24.6. The predicted molar refractivity (Wildman–Crippen MR) is 237 cm³/mol. The molecule has 0 radical (unpaired) electrons. The van der Waals surface area contributed by atoms with E-state index in [9.17, 15) is 15.0 Å². The first-order valence-corrected chi connectivity index (χ1v) is 22.3. The molecule has 0 saturated heterocycles. The number of aliphatic hydroxyl groups excluding tert-OH is 2. The summed E-state index contributed by atoms with van der Waals surface area (Å²) in [6.45, 7) is 14.0. The fourth-order valence-electron chi connectivity index (χ4n) is 9.42. The first-order valence-electron chi connectivity index (χ1n) is 22.3. The summed E-state index contributed by atoms with van der Waals surface area (Å²) < 4.78 is 32.8. The molecule has 6 rings (SSSR count). The van der Waals surface area contributed by atoms with Gasteiger partial charge < -0.3 is 38.7 Å². The van der Waals surface area contributed by atoms with Crippen molar-refractivity contribution >= 4 is 11.8 Å². The molecule has 1 amide bonds. The standard InChI is InChI=1S/C50H66N2O9/c1-6-24-52(49(55)57-29-28-56-34-37-16-10-9-11-17-37)46-33-44(51-59-8-3)42-31-38(18-12-14-25-53)41(19-13-15-26-54)47-43-32-40(60-39-21-20-35(4)36(5)30-39)22-23-45(43)61-50(46,48(42)47)58-27-7-2/h7,9-11,16-17,20-23,30-32,38,41,46-48,53-54H,2,6,8,12-15,18-19,24-29,33-34H2,1,3-5H3. The van der Waals surface area contributed by atoms with Crippen LogP contribution in [-0.4, -0.2) is 84.9 Å². The maximum Gasteiger partial charge on any atom is 0.410 e. The molecule has 6 atom stereocenters. The molecule has 11 nitrogen and oxygen atoms in total. The second kappa shape index (κ2) is 22.4. The minimum Gasteiger partial charge on any atom is -0.459 e. The van der Waals surface area contributed by atoms with Crippen LogP contribution in [-0.2, 0) is 25.7 Å². The SMILES string of the molecule is C=CCOC12Oc3ccc(Oc4ccc(C)c(C)c4)cc3C3C(CCCCO)C(CCCCO)C=C(C(=NOCC)CC1N(CCC)C(=O)OCCOCc1ccccc1)C32. The topological polar surface area (TPSA) is 129 Å². The summed E-state index contributed by atoms with van der Waals surface area (Å²) in [5.41, 5.74) is 6.10. The van der Waals surface area contributed by atoms with Gasteiger partial charge in [0.15, 0.2) is 0 Å². The van der Waals surface area contributed by atoms with E-state index in [0.29, 0.717) is 56.9 Å². The Labute approximate surface area is 362 Å². The summed E-state index contributed by atoms with van der Waals surface area (Å²) in [6.07, 6.45) is 9.28. The van der Waals surface area contributed by atoms with E-state index in [1.807, 2.05) is 62.4 Å². The fraction of sp³-hybridized carbons (Fsp3) is 0.520. The number of fused-ring (bicyclic) bond motifs is 2. The lowest BCUT2D eigenvalue weighted by molar-refractivity contribution is -0.255. The van der Waals surface area contributed by atoms with Gasteiger partial charge in [-0.15, -0.1) is 6.58 Å². The molecule has 3 aliphatic rings. The van der Waals surface area contributed by atoms with Crippen molar-refractivity contribution in [3.63, 3.8) is 0 Å². The lowest BCUT2D eigenvalue weighted by atomic mass is 9.55. The first-order chi connectivity index (χ1) is 29.8. The Hall–Kier alpha value is -4.68. The molecule has 3 aromatic carbocycles. The molecule has 0 spiro atoms. The Bertz CT molecular complexity index is 1950. The first kappa shape index (κ1) is 45.8. The van der Waals surface area contributed by atoms with Gasteiger partial charge in [-0.2, -0.15) is 0 Å². The number of aliphatic hydroxyl groups is 2. The Kier molecular flexibility index (Phi) is 16.8. The number of oxime groups is 1. The molecular formula is C50H66N2O9. The van der Waals surface area contributed by atoms with Crippen LogP contribution in [0.5, 0.6) is 17.2 Å². The third-order valence-corrected chi connectivity index (χ3v) is 12.3. The Morgan fingerprint density at radius 3 is 2.43 bits per heavy atom. The number of ether oxygens (including phenoxy) is 5. The van der Waals surface area contributed by atoms with Crippen molar-refractivity contribution in [2.75, 3.05) is 46.2 Å². The van der Waals surface area contributed by atoms with Gasteiger partial charge in [-0.3, -0.25) is 4.90 Å². The van der Waals surface area contributed by atoms with Crippen LogP contribution in [0.2, 0.25) is 0 Å². The highest BCUT2D eigenvalue weighted by Gasteiger charge is 2.65. The number of carbonyl (C=O) groups excluding carboxylic acids is 1. The van der Waals surface area contributed by atoms with Crippen molar-refractivity contribution in [1.29, 1.82) is 0 Å². The fourth-order valence-corrected chi connectivity index (χ4v) is 9.42. The third kappa shape index (κ3) is 10.9. The van der Waals surface area contributed by atoms with Crippen LogP contribution in [0.15, 0.2) is 96.2 Å². The van der Waals surface area contributed by atoms with E-state index >= 15 is 0 Å². The molecule has 1 saturated carbocycles. The zero-order chi connectivity index (χ0) is 43.2. The van der Waals surface area contributed by atoms with E-state index in [1.165, 1.54) is 5.56 Å².